The van der Waals surface area contributed by atoms with Crippen LogP contribution in [-0.4, -0.2) is 36.1 Å². The molecule has 0 aliphatic rings. The van der Waals surface area contributed by atoms with E-state index in [0.717, 1.165) is 5.56 Å². The first kappa shape index (κ1) is 14.2. The average molecular weight is 250 g/mol. The van der Waals surface area contributed by atoms with Crippen molar-refractivity contribution in [2.75, 3.05) is 20.2 Å². The van der Waals surface area contributed by atoms with Crippen LogP contribution in [0.3, 0.4) is 0 Å². The molecular weight excluding hydrogens is 235 g/mol. The topological polar surface area (TPSA) is 66.6 Å². The van der Waals surface area contributed by atoms with E-state index in [1.54, 1.807) is 24.1 Å². The lowest BCUT2D eigenvalue weighted by molar-refractivity contribution is -0.118. The Morgan fingerprint density at radius 2 is 2.28 bits per heavy atom. The molecule has 1 aromatic rings. The van der Waals surface area contributed by atoms with Crippen molar-refractivity contribution in [2.24, 2.45) is 5.73 Å². The second kappa shape index (κ2) is 6.74. The van der Waals surface area contributed by atoms with Gasteiger partial charge in [-0.2, -0.15) is 0 Å². The fourth-order valence-corrected chi connectivity index (χ4v) is 1.53. The quantitative estimate of drug-likeness (QED) is 0.744. The number of hydrogen-bond acceptors (Lipinski definition) is 3. The Hall–Kier alpha value is -1.90. The lowest BCUT2D eigenvalue weighted by Crippen LogP contribution is -2.30. The van der Waals surface area contributed by atoms with E-state index in [1.165, 1.54) is 6.07 Å². The maximum Gasteiger partial charge on any atom is 0.231 e. The largest absolute Gasteiger partial charge is 0.384 e. The molecule has 96 valence electrons. The number of halogens is 1. The van der Waals surface area contributed by atoms with E-state index in [1.807, 2.05) is 0 Å². The molecule has 0 spiro atoms. The van der Waals surface area contributed by atoms with E-state index in [2.05, 4.69) is 11.8 Å². The maximum atomic E-state index is 13.4. The number of amides is 1. The third-order valence-electron chi connectivity index (χ3n) is 2.21. The number of carbonyl (C=O) groups is 1. The summed E-state index contributed by atoms with van der Waals surface area (Å²) in [6.07, 6.45) is 0. The van der Waals surface area contributed by atoms with Crippen molar-refractivity contribution >= 4 is 5.91 Å². The van der Waals surface area contributed by atoms with Crippen molar-refractivity contribution in [3.63, 3.8) is 0 Å². The van der Waals surface area contributed by atoms with Crippen molar-refractivity contribution in [1.82, 2.24) is 4.90 Å². The zero-order valence-electron chi connectivity index (χ0n) is 10.1. The van der Waals surface area contributed by atoms with Gasteiger partial charge >= 0.3 is 0 Å². The molecule has 5 heteroatoms. The van der Waals surface area contributed by atoms with Crippen LogP contribution >= 0.6 is 0 Å². The first-order valence-corrected chi connectivity index (χ1v) is 5.38. The highest BCUT2D eigenvalue weighted by Crippen LogP contribution is 2.11. The number of hydrogen-bond donors (Lipinski definition) is 2. The van der Waals surface area contributed by atoms with Crippen LogP contribution in [0.25, 0.3) is 0 Å². The SMILES string of the molecule is CN(CC(N)=O)Cc1ccc(F)c(C#CCO)c1. The molecule has 18 heavy (non-hydrogen) atoms. The van der Waals surface area contributed by atoms with Crippen molar-refractivity contribution in [2.45, 2.75) is 6.54 Å². The summed E-state index contributed by atoms with van der Waals surface area (Å²) >= 11 is 0. The van der Waals surface area contributed by atoms with Crippen molar-refractivity contribution in [1.29, 1.82) is 0 Å². The van der Waals surface area contributed by atoms with Crippen molar-refractivity contribution < 1.29 is 14.3 Å². The highest BCUT2D eigenvalue weighted by molar-refractivity contribution is 5.75. The number of primary amides is 1. The van der Waals surface area contributed by atoms with Gasteiger partial charge in [-0.1, -0.05) is 17.9 Å². The Bertz CT molecular complexity index is 491. The summed E-state index contributed by atoms with van der Waals surface area (Å²) in [5.74, 6) is 4.08. The fourth-order valence-electron chi connectivity index (χ4n) is 1.53. The number of nitrogens with two attached hydrogens (primary N) is 1. The van der Waals surface area contributed by atoms with Gasteiger partial charge in [0, 0.05) is 6.54 Å². The van der Waals surface area contributed by atoms with Gasteiger partial charge in [-0.05, 0) is 24.7 Å². The highest BCUT2D eigenvalue weighted by Gasteiger charge is 2.06. The number of carbonyl (C=O) groups excluding carboxylic acids is 1. The number of likely N-dealkylation sites (N-methyl/N-ethyl adjacent to an activating group) is 1. The molecule has 0 heterocycles. The molecule has 0 saturated heterocycles. The third-order valence-corrected chi connectivity index (χ3v) is 2.21. The molecule has 0 bridgehead atoms. The van der Waals surface area contributed by atoms with Gasteiger partial charge in [-0.3, -0.25) is 9.69 Å². The van der Waals surface area contributed by atoms with Crippen LogP contribution in [0, 0.1) is 17.7 Å². The first-order chi connectivity index (χ1) is 8.52. The predicted octanol–water partition coefficient (Wildman–Crippen LogP) is 0.0866. The molecule has 1 rings (SSSR count). The molecule has 3 N–H and O–H groups in total. The highest BCUT2D eigenvalue weighted by atomic mass is 19.1. The van der Waals surface area contributed by atoms with E-state index in [4.69, 9.17) is 10.8 Å². The summed E-state index contributed by atoms with van der Waals surface area (Å²) in [6, 6.07) is 4.53. The molecule has 0 unspecified atom stereocenters. The minimum absolute atomic E-state index is 0.134. The Balaban J connectivity index is 2.81. The lowest BCUT2D eigenvalue weighted by Gasteiger charge is -2.14. The van der Waals surface area contributed by atoms with Gasteiger partial charge < -0.3 is 10.8 Å². The second-order valence-electron chi connectivity index (χ2n) is 3.91. The summed E-state index contributed by atoms with van der Waals surface area (Å²) in [5, 5.41) is 8.58. The van der Waals surface area contributed by atoms with Gasteiger partial charge in [0.05, 0.1) is 12.1 Å². The van der Waals surface area contributed by atoms with Crippen molar-refractivity contribution in [3.05, 3.63) is 35.1 Å². The summed E-state index contributed by atoms with van der Waals surface area (Å²) in [4.78, 5) is 12.5. The van der Waals surface area contributed by atoms with Crippen LogP contribution in [0.15, 0.2) is 18.2 Å². The fraction of sp³-hybridized carbons (Fsp3) is 0.308. The van der Waals surface area contributed by atoms with Gasteiger partial charge in [0.25, 0.3) is 0 Å². The van der Waals surface area contributed by atoms with Gasteiger partial charge in [-0.15, -0.1) is 0 Å². The third kappa shape index (κ3) is 4.53. The predicted molar refractivity (Wildman–Crippen MR) is 65.9 cm³/mol. The Morgan fingerprint density at radius 3 is 2.89 bits per heavy atom. The smallest absolute Gasteiger partial charge is 0.231 e. The molecule has 0 fully saturated rings. The second-order valence-corrected chi connectivity index (χ2v) is 3.91. The number of rotatable bonds is 4. The van der Waals surface area contributed by atoms with Crippen LogP contribution in [0.2, 0.25) is 0 Å². The lowest BCUT2D eigenvalue weighted by atomic mass is 10.1. The molecule has 0 atom stereocenters. The van der Waals surface area contributed by atoms with Crippen LogP contribution in [0.5, 0.6) is 0 Å². The van der Waals surface area contributed by atoms with Gasteiger partial charge in [0.1, 0.15) is 12.4 Å². The van der Waals surface area contributed by atoms with E-state index >= 15 is 0 Å². The zero-order chi connectivity index (χ0) is 13.5. The van der Waals surface area contributed by atoms with Gasteiger partial charge in [-0.25, -0.2) is 4.39 Å². The normalized spacial score (nSPS) is 10.0. The molecule has 4 nitrogen and oxygen atoms in total. The summed E-state index contributed by atoms with van der Waals surface area (Å²) in [6.45, 7) is 0.289. The number of nitrogens with zero attached hydrogens (tertiary/aromatic N) is 1. The maximum absolute atomic E-state index is 13.4. The standard InChI is InChI=1S/C13H15FN2O2/c1-16(9-13(15)18)8-10-4-5-12(14)11(7-10)3-2-6-17/h4-5,7,17H,6,8-9H2,1H3,(H2,15,18). The van der Waals surface area contributed by atoms with Crippen LogP contribution in [0.4, 0.5) is 4.39 Å². The van der Waals surface area contributed by atoms with E-state index in [-0.39, 0.29) is 18.7 Å². The Morgan fingerprint density at radius 1 is 1.56 bits per heavy atom. The van der Waals surface area contributed by atoms with Crippen LogP contribution in [0.1, 0.15) is 11.1 Å². The molecule has 0 aromatic heterocycles. The average Bonchev–Trinajstić information content (AvgIpc) is 2.28. The monoisotopic (exact) mass is 250 g/mol. The molecule has 1 aromatic carbocycles. The van der Waals surface area contributed by atoms with E-state index < -0.39 is 11.7 Å². The van der Waals surface area contributed by atoms with Crippen molar-refractivity contribution in [3.8, 4) is 11.8 Å². The minimum Gasteiger partial charge on any atom is -0.384 e. The van der Waals surface area contributed by atoms with E-state index in [0.29, 0.717) is 6.54 Å². The number of aliphatic hydroxyl groups is 1. The molecule has 1 amide bonds. The summed E-state index contributed by atoms with van der Waals surface area (Å²) in [7, 11) is 1.74. The van der Waals surface area contributed by atoms with Gasteiger partial charge in [0.2, 0.25) is 5.91 Å². The Labute approximate surface area is 105 Å². The summed E-state index contributed by atoms with van der Waals surface area (Å²) < 4.78 is 13.4. The van der Waals surface area contributed by atoms with Crippen LogP contribution < -0.4 is 5.73 Å². The summed E-state index contributed by atoms with van der Waals surface area (Å²) in [5.41, 5.74) is 6.13. The molecule has 0 saturated carbocycles. The molecule has 0 aliphatic heterocycles. The van der Waals surface area contributed by atoms with Crippen LogP contribution in [-0.2, 0) is 11.3 Å². The zero-order valence-corrected chi connectivity index (χ0v) is 10.1. The molecule has 0 aliphatic carbocycles. The number of benzene rings is 1. The van der Waals surface area contributed by atoms with Gasteiger partial charge in [0.15, 0.2) is 0 Å². The Kier molecular flexibility index (Phi) is 5.31. The number of aliphatic hydroxyl groups excluding tert-OH is 1. The minimum atomic E-state index is -0.433. The molecular formula is C13H15FN2O2. The first-order valence-electron chi connectivity index (χ1n) is 5.38. The van der Waals surface area contributed by atoms with E-state index in [9.17, 15) is 9.18 Å². The molecule has 0 radical (unpaired) electrons.